The van der Waals surface area contributed by atoms with Crippen molar-refractivity contribution in [3.05, 3.63) is 47.5 Å². The van der Waals surface area contributed by atoms with Gasteiger partial charge in [0.1, 0.15) is 0 Å². The standard InChI is InChI=1S/C16H18O3/c1-3-19-16(18)14-9-11(2)15(17)10-13(14)12-7-5-4-6-8-12/h4-9,13-14H,3,10H2,1-2H3. The molecule has 0 aliphatic heterocycles. The summed E-state index contributed by atoms with van der Waals surface area (Å²) in [6.45, 7) is 3.91. The van der Waals surface area contributed by atoms with Gasteiger partial charge in [-0.2, -0.15) is 0 Å². The van der Waals surface area contributed by atoms with E-state index in [0.29, 0.717) is 18.6 Å². The lowest BCUT2D eigenvalue weighted by Gasteiger charge is -2.27. The zero-order valence-corrected chi connectivity index (χ0v) is 11.3. The number of carbonyl (C=O) groups is 2. The molecule has 1 aromatic carbocycles. The van der Waals surface area contributed by atoms with Crippen LogP contribution >= 0.6 is 0 Å². The number of esters is 1. The lowest BCUT2D eigenvalue weighted by atomic mass is 9.76. The van der Waals surface area contributed by atoms with Gasteiger partial charge in [0.25, 0.3) is 0 Å². The second-order valence-electron chi connectivity index (χ2n) is 4.77. The first-order valence-corrected chi connectivity index (χ1v) is 6.56. The summed E-state index contributed by atoms with van der Waals surface area (Å²) in [6, 6.07) is 9.69. The van der Waals surface area contributed by atoms with Gasteiger partial charge in [0, 0.05) is 12.3 Å². The maximum absolute atomic E-state index is 12.1. The van der Waals surface area contributed by atoms with Crippen molar-refractivity contribution in [3.63, 3.8) is 0 Å². The fourth-order valence-corrected chi connectivity index (χ4v) is 2.46. The van der Waals surface area contributed by atoms with Gasteiger partial charge in [-0.25, -0.2) is 0 Å². The second-order valence-corrected chi connectivity index (χ2v) is 4.77. The molecular weight excluding hydrogens is 240 g/mol. The van der Waals surface area contributed by atoms with Crippen molar-refractivity contribution < 1.29 is 14.3 Å². The van der Waals surface area contributed by atoms with Gasteiger partial charge in [-0.05, 0) is 25.0 Å². The lowest BCUT2D eigenvalue weighted by molar-refractivity contribution is -0.147. The SMILES string of the molecule is CCOC(=O)C1C=C(C)C(=O)CC1c1ccccc1. The molecule has 1 aliphatic carbocycles. The molecular formula is C16H18O3. The zero-order valence-electron chi connectivity index (χ0n) is 11.3. The van der Waals surface area contributed by atoms with Crippen LogP contribution in [-0.2, 0) is 14.3 Å². The van der Waals surface area contributed by atoms with E-state index in [1.54, 1.807) is 19.9 Å². The predicted octanol–water partition coefficient (Wildman–Crippen LogP) is 2.87. The monoisotopic (exact) mass is 258 g/mol. The van der Waals surface area contributed by atoms with Crippen LogP contribution in [-0.4, -0.2) is 18.4 Å². The third-order valence-electron chi connectivity index (χ3n) is 3.49. The minimum absolute atomic E-state index is 0.106. The average molecular weight is 258 g/mol. The number of benzene rings is 1. The highest BCUT2D eigenvalue weighted by Gasteiger charge is 2.34. The molecule has 0 bridgehead atoms. The highest BCUT2D eigenvalue weighted by Crippen LogP contribution is 2.35. The van der Waals surface area contributed by atoms with E-state index >= 15 is 0 Å². The Morgan fingerprint density at radius 2 is 2.00 bits per heavy atom. The van der Waals surface area contributed by atoms with E-state index in [2.05, 4.69) is 0 Å². The minimum atomic E-state index is -0.361. The summed E-state index contributed by atoms with van der Waals surface area (Å²) in [4.78, 5) is 23.9. The molecule has 0 heterocycles. The molecule has 2 rings (SSSR count). The van der Waals surface area contributed by atoms with Crippen molar-refractivity contribution in [3.8, 4) is 0 Å². The Hall–Kier alpha value is -1.90. The van der Waals surface area contributed by atoms with Crippen molar-refractivity contribution in [2.75, 3.05) is 6.61 Å². The molecule has 1 aliphatic rings. The Morgan fingerprint density at radius 1 is 1.32 bits per heavy atom. The summed E-state index contributed by atoms with van der Waals surface area (Å²) in [5.74, 6) is -0.617. The van der Waals surface area contributed by atoms with E-state index < -0.39 is 0 Å². The molecule has 2 unspecified atom stereocenters. The Balaban J connectivity index is 2.34. The molecule has 0 N–H and O–H groups in total. The van der Waals surface area contributed by atoms with Crippen LogP contribution < -0.4 is 0 Å². The first-order valence-electron chi connectivity index (χ1n) is 6.56. The molecule has 100 valence electrons. The Kier molecular flexibility index (Phi) is 4.15. The van der Waals surface area contributed by atoms with Crippen LogP contribution in [0, 0.1) is 5.92 Å². The van der Waals surface area contributed by atoms with Crippen LogP contribution in [0.25, 0.3) is 0 Å². The number of Topliss-reactive ketones (excluding diaryl/α,β-unsaturated/α-hetero) is 1. The average Bonchev–Trinajstić information content (AvgIpc) is 2.42. The first-order chi connectivity index (χ1) is 9.13. The molecule has 0 aromatic heterocycles. The second kappa shape index (κ2) is 5.83. The number of allylic oxidation sites excluding steroid dienone is 1. The molecule has 2 atom stereocenters. The van der Waals surface area contributed by atoms with E-state index in [-0.39, 0.29) is 23.6 Å². The highest BCUT2D eigenvalue weighted by atomic mass is 16.5. The van der Waals surface area contributed by atoms with Gasteiger partial charge in [-0.1, -0.05) is 36.4 Å². The van der Waals surface area contributed by atoms with E-state index in [1.807, 2.05) is 30.3 Å². The van der Waals surface area contributed by atoms with Crippen LogP contribution in [0.2, 0.25) is 0 Å². The van der Waals surface area contributed by atoms with Crippen molar-refractivity contribution in [2.24, 2.45) is 5.92 Å². The van der Waals surface area contributed by atoms with Crippen molar-refractivity contribution in [1.82, 2.24) is 0 Å². The molecule has 0 fully saturated rings. The number of ether oxygens (including phenoxy) is 1. The summed E-state index contributed by atoms with van der Waals surface area (Å²) in [6.07, 6.45) is 2.12. The molecule has 0 radical (unpaired) electrons. The van der Waals surface area contributed by atoms with Crippen LogP contribution in [0.1, 0.15) is 31.7 Å². The van der Waals surface area contributed by atoms with Gasteiger partial charge < -0.3 is 4.74 Å². The highest BCUT2D eigenvalue weighted by molar-refractivity contribution is 5.98. The molecule has 3 nitrogen and oxygen atoms in total. The minimum Gasteiger partial charge on any atom is -0.466 e. The van der Waals surface area contributed by atoms with Gasteiger partial charge in [0.05, 0.1) is 12.5 Å². The number of hydrogen-bond donors (Lipinski definition) is 0. The maximum atomic E-state index is 12.1. The quantitative estimate of drug-likeness (QED) is 0.783. The molecule has 3 heteroatoms. The van der Waals surface area contributed by atoms with Gasteiger partial charge in [0.15, 0.2) is 5.78 Å². The van der Waals surface area contributed by atoms with Crippen molar-refractivity contribution >= 4 is 11.8 Å². The normalized spacial score (nSPS) is 22.8. The van der Waals surface area contributed by atoms with Gasteiger partial charge in [-0.3, -0.25) is 9.59 Å². The maximum Gasteiger partial charge on any atom is 0.313 e. The van der Waals surface area contributed by atoms with E-state index in [4.69, 9.17) is 4.74 Å². The number of hydrogen-bond acceptors (Lipinski definition) is 3. The summed E-state index contributed by atoms with van der Waals surface area (Å²) >= 11 is 0. The van der Waals surface area contributed by atoms with Gasteiger partial charge in [-0.15, -0.1) is 0 Å². The third-order valence-corrected chi connectivity index (χ3v) is 3.49. The molecule has 1 aromatic rings. The number of ketones is 1. The van der Waals surface area contributed by atoms with Gasteiger partial charge in [0.2, 0.25) is 0 Å². The topological polar surface area (TPSA) is 43.4 Å². The zero-order chi connectivity index (χ0) is 13.8. The Morgan fingerprint density at radius 3 is 2.63 bits per heavy atom. The molecule has 0 saturated carbocycles. The lowest BCUT2D eigenvalue weighted by Crippen LogP contribution is -2.29. The molecule has 0 amide bonds. The number of rotatable bonds is 3. The third kappa shape index (κ3) is 2.92. The van der Waals surface area contributed by atoms with Gasteiger partial charge >= 0.3 is 5.97 Å². The number of carbonyl (C=O) groups excluding carboxylic acids is 2. The summed E-state index contributed by atoms with van der Waals surface area (Å²) < 4.78 is 5.12. The summed E-state index contributed by atoms with van der Waals surface area (Å²) in [5, 5.41) is 0. The van der Waals surface area contributed by atoms with E-state index in [0.717, 1.165) is 5.56 Å². The fraction of sp³-hybridized carbons (Fsp3) is 0.375. The fourth-order valence-electron chi connectivity index (χ4n) is 2.46. The van der Waals surface area contributed by atoms with Crippen LogP contribution in [0.15, 0.2) is 42.0 Å². The molecule has 19 heavy (non-hydrogen) atoms. The predicted molar refractivity (Wildman–Crippen MR) is 72.7 cm³/mol. The first kappa shape index (κ1) is 13.5. The van der Waals surface area contributed by atoms with E-state index in [1.165, 1.54) is 0 Å². The smallest absolute Gasteiger partial charge is 0.313 e. The summed E-state index contributed by atoms with van der Waals surface area (Å²) in [5.41, 5.74) is 1.67. The van der Waals surface area contributed by atoms with Crippen LogP contribution in [0.5, 0.6) is 0 Å². The van der Waals surface area contributed by atoms with Crippen LogP contribution in [0.3, 0.4) is 0 Å². The van der Waals surface area contributed by atoms with Crippen molar-refractivity contribution in [1.29, 1.82) is 0 Å². The van der Waals surface area contributed by atoms with Crippen LogP contribution in [0.4, 0.5) is 0 Å². The van der Waals surface area contributed by atoms with Crippen molar-refractivity contribution in [2.45, 2.75) is 26.2 Å². The van der Waals surface area contributed by atoms with E-state index in [9.17, 15) is 9.59 Å². The summed E-state index contributed by atoms with van der Waals surface area (Å²) in [7, 11) is 0. The molecule has 0 saturated heterocycles. The Bertz CT molecular complexity index is 502. The molecule has 0 spiro atoms. The Labute approximate surface area is 113 Å². The largest absolute Gasteiger partial charge is 0.466 e.